The van der Waals surface area contributed by atoms with E-state index in [-0.39, 0.29) is 5.69 Å². The highest BCUT2D eigenvalue weighted by Gasteiger charge is 2.15. The largest absolute Gasteiger partial charge is 0.439 e. The zero-order valence-corrected chi connectivity index (χ0v) is 12.7. The number of halogens is 1. The van der Waals surface area contributed by atoms with E-state index in [1.165, 1.54) is 24.3 Å². The molecule has 0 radical (unpaired) electrons. The lowest BCUT2D eigenvalue weighted by atomic mass is 10.2. The van der Waals surface area contributed by atoms with Gasteiger partial charge >= 0.3 is 0 Å². The quantitative estimate of drug-likeness (QED) is 0.555. The van der Waals surface area contributed by atoms with Gasteiger partial charge in [0.05, 0.1) is 9.40 Å². The summed E-state index contributed by atoms with van der Waals surface area (Å²) < 4.78 is 6.22. The molecule has 0 saturated carbocycles. The molecule has 110 valence electrons. The lowest BCUT2D eigenvalue weighted by Gasteiger charge is -2.02. The van der Waals surface area contributed by atoms with Crippen molar-refractivity contribution in [1.82, 2.24) is 0 Å². The number of hydrogen-bond acceptors (Lipinski definition) is 4. The summed E-state index contributed by atoms with van der Waals surface area (Å²) in [4.78, 5) is 22.2. The van der Waals surface area contributed by atoms with Gasteiger partial charge in [-0.1, -0.05) is 12.1 Å². The van der Waals surface area contributed by atoms with E-state index in [1.807, 2.05) is 18.2 Å². The molecule has 1 N–H and O–H groups in total. The first-order chi connectivity index (χ1) is 10.6. The molecule has 3 aromatic rings. The maximum Gasteiger partial charge on any atom is 0.269 e. The average Bonchev–Trinajstić information content (AvgIpc) is 2.84. The van der Waals surface area contributed by atoms with Crippen molar-refractivity contribution in [1.29, 1.82) is 0 Å². The number of amides is 1. The number of anilines is 1. The number of non-ortho nitro benzene ring substituents is 1. The molecule has 0 aliphatic carbocycles. The molecule has 2 aromatic carbocycles. The molecule has 1 heterocycles. The van der Waals surface area contributed by atoms with E-state index >= 15 is 0 Å². The molecule has 0 fully saturated rings. The highest BCUT2D eigenvalue weighted by molar-refractivity contribution is 9.10. The van der Waals surface area contributed by atoms with Crippen LogP contribution in [0.5, 0.6) is 0 Å². The highest BCUT2D eigenvalue weighted by Crippen LogP contribution is 2.34. The smallest absolute Gasteiger partial charge is 0.269 e. The number of nitro groups is 1. The van der Waals surface area contributed by atoms with Crippen molar-refractivity contribution < 1.29 is 14.1 Å². The molecule has 0 unspecified atom stereocenters. The summed E-state index contributed by atoms with van der Waals surface area (Å²) in [7, 11) is 0. The van der Waals surface area contributed by atoms with Crippen molar-refractivity contribution in [2.24, 2.45) is 0 Å². The number of fused-ring (bicyclic) bond motifs is 1. The summed E-state index contributed by atoms with van der Waals surface area (Å²) in [5.74, 6) is -0.112. The third-order valence-corrected chi connectivity index (χ3v) is 3.89. The van der Waals surface area contributed by atoms with Gasteiger partial charge in [0, 0.05) is 23.1 Å². The summed E-state index contributed by atoms with van der Waals surface area (Å²) in [6.07, 6.45) is 0. The number of hydrogen-bond donors (Lipinski definition) is 1. The normalized spacial score (nSPS) is 10.6. The minimum Gasteiger partial charge on any atom is -0.439 e. The molecule has 1 amide bonds. The molecule has 22 heavy (non-hydrogen) atoms. The predicted molar refractivity (Wildman–Crippen MR) is 85.0 cm³/mol. The maximum absolute atomic E-state index is 12.2. The van der Waals surface area contributed by atoms with Crippen molar-refractivity contribution in [3.63, 3.8) is 0 Å². The van der Waals surface area contributed by atoms with Crippen molar-refractivity contribution in [3.05, 3.63) is 68.7 Å². The van der Waals surface area contributed by atoms with Gasteiger partial charge in [0.1, 0.15) is 5.58 Å². The highest BCUT2D eigenvalue weighted by atomic mass is 79.9. The lowest BCUT2D eigenvalue weighted by Crippen LogP contribution is -2.11. The van der Waals surface area contributed by atoms with Crippen LogP contribution in [0.25, 0.3) is 11.0 Å². The van der Waals surface area contributed by atoms with Gasteiger partial charge in [-0.05, 0) is 40.2 Å². The number of para-hydroxylation sites is 1. The summed E-state index contributed by atoms with van der Waals surface area (Å²) in [6.45, 7) is 0. The molecule has 7 heteroatoms. The van der Waals surface area contributed by atoms with Crippen LogP contribution < -0.4 is 5.32 Å². The van der Waals surface area contributed by atoms with Crippen molar-refractivity contribution in [3.8, 4) is 0 Å². The van der Waals surface area contributed by atoms with Crippen LogP contribution >= 0.6 is 15.9 Å². The summed E-state index contributed by atoms with van der Waals surface area (Å²) in [5, 5.41) is 14.1. The first-order valence-corrected chi connectivity index (χ1v) is 7.08. The van der Waals surface area contributed by atoms with Crippen LogP contribution in [-0.2, 0) is 0 Å². The third kappa shape index (κ3) is 2.58. The number of furan rings is 1. The van der Waals surface area contributed by atoms with Crippen LogP contribution in [0.4, 0.5) is 11.6 Å². The molecule has 6 nitrogen and oxygen atoms in total. The molecule has 0 atom stereocenters. The lowest BCUT2D eigenvalue weighted by molar-refractivity contribution is -0.384. The second-order valence-electron chi connectivity index (χ2n) is 4.50. The zero-order valence-electron chi connectivity index (χ0n) is 11.1. The van der Waals surface area contributed by atoms with Crippen molar-refractivity contribution in [2.45, 2.75) is 0 Å². The number of benzene rings is 2. The molecule has 3 rings (SSSR count). The van der Waals surface area contributed by atoms with Gasteiger partial charge in [0.25, 0.3) is 11.6 Å². The number of rotatable bonds is 3. The monoisotopic (exact) mass is 360 g/mol. The van der Waals surface area contributed by atoms with Gasteiger partial charge in [-0.3, -0.25) is 20.2 Å². The molecule has 0 aliphatic rings. The minimum absolute atomic E-state index is 0.0681. The van der Waals surface area contributed by atoms with Crippen LogP contribution in [0.15, 0.2) is 57.4 Å². The zero-order chi connectivity index (χ0) is 15.7. The molecule has 0 saturated heterocycles. The molecule has 0 spiro atoms. The summed E-state index contributed by atoms with van der Waals surface area (Å²) in [5.41, 5.74) is 0.882. The van der Waals surface area contributed by atoms with Gasteiger partial charge in [-0.2, -0.15) is 0 Å². The van der Waals surface area contributed by atoms with Gasteiger partial charge in [-0.15, -0.1) is 0 Å². The van der Waals surface area contributed by atoms with Crippen LogP contribution in [0.2, 0.25) is 0 Å². The Balaban J connectivity index is 1.86. The van der Waals surface area contributed by atoms with E-state index in [0.717, 1.165) is 5.39 Å². The Morgan fingerprint density at radius 3 is 2.45 bits per heavy atom. The number of nitro benzene ring substituents is 1. The second-order valence-corrected chi connectivity index (χ2v) is 5.29. The third-order valence-electron chi connectivity index (χ3n) is 3.10. The van der Waals surface area contributed by atoms with E-state index in [4.69, 9.17) is 4.42 Å². The molecule has 1 aromatic heterocycles. The Labute approximate surface area is 133 Å². The summed E-state index contributed by atoms with van der Waals surface area (Å²) in [6, 6.07) is 12.7. The molecule has 0 aliphatic heterocycles. The minimum atomic E-state index is -0.516. The van der Waals surface area contributed by atoms with Gasteiger partial charge in [0.2, 0.25) is 5.88 Å². The Morgan fingerprint density at radius 2 is 1.82 bits per heavy atom. The number of carbonyl (C=O) groups excluding carboxylic acids is 1. The van der Waals surface area contributed by atoms with Crippen LogP contribution in [0, 0.1) is 10.1 Å². The number of nitrogens with zero attached hydrogens (tertiary/aromatic N) is 1. The SMILES string of the molecule is O=C(Nc1oc2ccccc2c1Br)c1ccc([N+](=O)[O-])cc1. The predicted octanol–water partition coefficient (Wildman–Crippen LogP) is 4.36. The Bertz CT molecular complexity index is 871. The molecular formula is C15H9BrN2O4. The fourth-order valence-corrected chi connectivity index (χ4v) is 2.51. The Morgan fingerprint density at radius 1 is 1.14 bits per heavy atom. The Hall–Kier alpha value is -2.67. The van der Waals surface area contributed by atoms with Crippen LogP contribution in [0.3, 0.4) is 0 Å². The average molecular weight is 361 g/mol. The fraction of sp³-hybridized carbons (Fsp3) is 0. The standard InChI is InChI=1S/C15H9BrN2O4/c16-13-11-3-1-2-4-12(11)22-15(13)17-14(19)9-5-7-10(8-6-9)18(20)21/h1-8H,(H,17,19). The topological polar surface area (TPSA) is 85.4 Å². The van der Waals surface area contributed by atoms with Gasteiger partial charge in [-0.25, -0.2) is 0 Å². The summed E-state index contributed by atoms with van der Waals surface area (Å²) >= 11 is 3.39. The van der Waals surface area contributed by atoms with E-state index in [2.05, 4.69) is 21.2 Å². The van der Waals surface area contributed by atoms with Crippen molar-refractivity contribution >= 4 is 44.4 Å². The number of carbonyl (C=O) groups is 1. The Kier molecular flexibility index (Phi) is 3.64. The first-order valence-electron chi connectivity index (χ1n) is 6.29. The fourth-order valence-electron chi connectivity index (χ4n) is 2.00. The molecule has 0 bridgehead atoms. The molecular weight excluding hydrogens is 352 g/mol. The van der Waals surface area contributed by atoms with Crippen LogP contribution in [-0.4, -0.2) is 10.8 Å². The van der Waals surface area contributed by atoms with Gasteiger partial charge in [0.15, 0.2) is 0 Å². The van der Waals surface area contributed by atoms with E-state index in [9.17, 15) is 14.9 Å². The van der Waals surface area contributed by atoms with E-state index in [1.54, 1.807) is 6.07 Å². The van der Waals surface area contributed by atoms with E-state index < -0.39 is 10.8 Å². The maximum atomic E-state index is 12.2. The second kappa shape index (κ2) is 5.61. The van der Waals surface area contributed by atoms with Gasteiger partial charge < -0.3 is 4.42 Å². The first kappa shape index (κ1) is 14.3. The van der Waals surface area contributed by atoms with Crippen molar-refractivity contribution in [2.75, 3.05) is 5.32 Å². The van der Waals surface area contributed by atoms with Crippen LogP contribution in [0.1, 0.15) is 10.4 Å². The van der Waals surface area contributed by atoms with E-state index in [0.29, 0.717) is 21.5 Å². The number of nitrogens with one attached hydrogen (secondary N) is 1.